The Hall–Kier alpha value is -3.90. The highest BCUT2D eigenvalue weighted by molar-refractivity contribution is 5.41. The van der Waals surface area contributed by atoms with Crippen molar-refractivity contribution in [2.24, 2.45) is 109 Å². The molecule has 12 saturated carbocycles. The minimum atomic E-state index is 0.507. The van der Waals surface area contributed by atoms with Crippen LogP contribution in [0.5, 0.6) is 0 Å². The number of hydrogen-bond acceptors (Lipinski definition) is 0. The highest BCUT2D eigenvalue weighted by Gasteiger charge is 2.53. The van der Waals surface area contributed by atoms with Crippen molar-refractivity contribution in [3.63, 3.8) is 0 Å². The van der Waals surface area contributed by atoms with Crippen LogP contribution in [-0.2, 0) is 23.7 Å². The fourth-order valence-corrected chi connectivity index (χ4v) is 34.4. The monoisotopic (exact) mass is 1620 g/mol. The molecule has 2 aromatic rings. The summed E-state index contributed by atoms with van der Waals surface area (Å²) in [5.74, 6) is 12.8. The third-order valence-corrected chi connectivity index (χ3v) is 41.9. The molecule has 2 aromatic carbocycles. The average Bonchev–Trinajstić information content (AvgIpc) is 0.812. The first-order valence-electron chi connectivity index (χ1n) is 53.8. The van der Waals surface area contributed by atoms with Crippen LogP contribution in [0.3, 0.4) is 0 Å². The summed E-state index contributed by atoms with van der Waals surface area (Å²) in [5, 5.41) is 0. The molecule has 0 spiro atoms. The van der Waals surface area contributed by atoms with Crippen molar-refractivity contribution in [3.8, 4) is 0 Å². The van der Waals surface area contributed by atoms with E-state index in [4.69, 9.17) is 0 Å². The van der Waals surface area contributed by atoms with Gasteiger partial charge in [0.25, 0.3) is 0 Å². The largest absolute Gasteiger partial charge is 0.0850 e. The van der Waals surface area contributed by atoms with Gasteiger partial charge in [-0.25, -0.2) is 0 Å². The van der Waals surface area contributed by atoms with Gasteiger partial charge in [-0.1, -0.05) is 308 Å². The van der Waals surface area contributed by atoms with Crippen LogP contribution in [0.1, 0.15) is 456 Å². The lowest BCUT2D eigenvalue weighted by Crippen LogP contribution is -2.42. The molecule has 0 aromatic heterocycles. The number of benzene rings is 2. The van der Waals surface area contributed by atoms with Gasteiger partial charge in [0.15, 0.2) is 0 Å². The fourth-order valence-electron chi connectivity index (χ4n) is 34.4. The van der Waals surface area contributed by atoms with Crippen LogP contribution in [0.15, 0.2) is 154 Å². The van der Waals surface area contributed by atoms with Crippen molar-refractivity contribution in [1.29, 1.82) is 0 Å². The molecule has 0 saturated heterocycles. The average molecular weight is 1620 g/mol. The Morgan fingerprint density at radius 1 is 0.250 bits per heavy atom. The van der Waals surface area contributed by atoms with Gasteiger partial charge in [-0.3, -0.25) is 0 Å². The highest BCUT2D eigenvalue weighted by Crippen LogP contribution is 2.64. The van der Waals surface area contributed by atoms with E-state index in [0.29, 0.717) is 43.3 Å². The SMILES string of the molecule is C[C@@]12CCCCC1CC=C1CCCC[C@H]12.C[C@@]12CCCCC1CCc1ccccc12.C[C@@]12CCCCC1CCc1ccccc12.C[C@@]12CCCC[C@H]1CC=C1C=CCC[C@H]12.C[C@@]12CCCC[C@H]1CCC1=C2CCC=C1.C[C@@]12CCCC[C@H]1CCC1=CC=CC[C@H]12.C[C@@]12CCCC[C@H]1CCC1=CCCC[C@H]12.C[C@@]12CCCC[C@H]1CCC1=CCCC[C@H]12. The molecule has 0 nitrogen and oxygen atoms in total. The predicted octanol–water partition coefficient (Wildman–Crippen LogP) is 35.9. The number of rotatable bonds is 0. The molecule has 21 atom stereocenters. The van der Waals surface area contributed by atoms with Crippen LogP contribution in [0.4, 0.5) is 0 Å². The van der Waals surface area contributed by atoms with E-state index >= 15 is 0 Å². The number of aryl methyl sites for hydroxylation is 2. The fraction of sp³-hybridized carbons (Fsp3) is 0.750. The maximum absolute atomic E-state index is 2.63. The molecule has 0 aliphatic heterocycles. The summed E-state index contributed by atoms with van der Waals surface area (Å²) in [6, 6.07) is 18.3. The van der Waals surface area contributed by atoms with Crippen LogP contribution in [0, 0.1) is 109 Å². The molecule has 0 heteroatoms. The Bertz CT molecular complexity index is 3870. The van der Waals surface area contributed by atoms with Crippen LogP contribution < -0.4 is 0 Å². The summed E-state index contributed by atoms with van der Waals surface area (Å²) in [6.45, 7) is 20.6. The normalized spacial score (nSPS) is 41.6. The molecule has 22 aliphatic carbocycles. The molecule has 22 aliphatic rings. The molecule has 24 rings (SSSR count). The minimum absolute atomic E-state index is 0.507. The first-order chi connectivity index (χ1) is 58.4. The van der Waals surface area contributed by atoms with E-state index in [1.807, 2.05) is 22.3 Å². The van der Waals surface area contributed by atoms with E-state index in [-0.39, 0.29) is 0 Å². The second kappa shape index (κ2) is 39.0. The molecule has 0 bridgehead atoms. The number of hydrogen-bond donors (Lipinski definition) is 0. The number of allylic oxidation sites excluding steroid dienone is 18. The second-order valence-electron chi connectivity index (χ2n) is 47.6. The molecule has 0 heterocycles. The van der Waals surface area contributed by atoms with Gasteiger partial charge >= 0.3 is 0 Å². The van der Waals surface area contributed by atoms with Gasteiger partial charge in [0.05, 0.1) is 0 Å². The third kappa shape index (κ3) is 18.1. The van der Waals surface area contributed by atoms with Gasteiger partial charge in [-0.05, 0) is 436 Å². The zero-order chi connectivity index (χ0) is 82.4. The third-order valence-electron chi connectivity index (χ3n) is 41.9. The molecule has 0 N–H and O–H groups in total. The predicted molar refractivity (Wildman–Crippen MR) is 516 cm³/mol. The van der Waals surface area contributed by atoms with Crippen molar-refractivity contribution in [1.82, 2.24) is 0 Å². The molecular formula is C120H178. The first kappa shape index (κ1) is 88.1. The van der Waals surface area contributed by atoms with Crippen LogP contribution in [-0.4, -0.2) is 0 Å². The molecule has 0 radical (unpaired) electrons. The van der Waals surface area contributed by atoms with E-state index in [1.165, 1.54) is 392 Å². The van der Waals surface area contributed by atoms with Crippen molar-refractivity contribution in [2.75, 3.05) is 0 Å². The summed E-state index contributed by atoms with van der Waals surface area (Å²) in [5.41, 5.74) is 24.1. The summed E-state index contributed by atoms with van der Waals surface area (Å²) in [7, 11) is 0. The van der Waals surface area contributed by atoms with Gasteiger partial charge in [0, 0.05) is 0 Å². The van der Waals surface area contributed by atoms with Gasteiger partial charge in [0.1, 0.15) is 0 Å². The molecule has 0 amide bonds. The van der Waals surface area contributed by atoms with E-state index in [1.54, 1.807) is 39.0 Å². The molecule has 120 heavy (non-hydrogen) atoms. The van der Waals surface area contributed by atoms with Gasteiger partial charge in [-0.2, -0.15) is 0 Å². The highest BCUT2D eigenvalue weighted by atomic mass is 14.6. The van der Waals surface area contributed by atoms with E-state index in [0.717, 1.165) is 76.9 Å². The Morgan fingerprint density at radius 3 is 1.19 bits per heavy atom. The van der Waals surface area contributed by atoms with Gasteiger partial charge in [0.2, 0.25) is 0 Å². The molecule has 12 fully saturated rings. The lowest BCUT2D eigenvalue weighted by Gasteiger charge is -2.53. The zero-order valence-electron chi connectivity index (χ0n) is 79.1. The summed E-state index contributed by atoms with van der Waals surface area (Å²) >= 11 is 0. The van der Waals surface area contributed by atoms with Crippen molar-refractivity contribution in [2.45, 2.75) is 458 Å². The van der Waals surface area contributed by atoms with E-state index < -0.39 is 0 Å². The zero-order valence-corrected chi connectivity index (χ0v) is 79.1. The van der Waals surface area contributed by atoms with Crippen LogP contribution in [0.25, 0.3) is 0 Å². The molecule has 658 valence electrons. The Kier molecular flexibility index (Phi) is 28.6. The van der Waals surface area contributed by atoms with Crippen molar-refractivity contribution >= 4 is 0 Å². The second-order valence-corrected chi connectivity index (χ2v) is 47.6. The smallest absolute Gasteiger partial charge is 0.00442 e. The maximum Gasteiger partial charge on any atom is -0.00442 e. The van der Waals surface area contributed by atoms with Crippen molar-refractivity contribution in [3.05, 3.63) is 177 Å². The Morgan fingerprint density at radius 2 is 0.650 bits per heavy atom. The maximum atomic E-state index is 2.63. The van der Waals surface area contributed by atoms with Gasteiger partial charge in [-0.15, -0.1) is 0 Å². The standard InChI is InChI=1S/3C15H24.3C15H22.2C15H20/c8*1-15-11-5-4-7-13(15)10-9-12-6-2-3-8-14(12)15/h9,13-14H,2-8,10-11H2,1H3;2*6,13-14H,2-5,7-11H2,1H3;2,6,13H,3-5,7-11H2,1H3;2,6,9,13-14H,3-5,7-8,10-11H2,1H3;2-3,6,13-14H,4-5,7-11H2,1H3;2*2-3,6,8,13H,4-5,7,9-11H2,1H3/t13?,14-,15-;2*13-,14+,15+;13-,15+;2*13-,14+,15+;2*13?,15-/m10000011/s1. The van der Waals surface area contributed by atoms with Crippen molar-refractivity contribution < 1.29 is 0 Å². The topological polar surface area (TPSA) is 0 Å². The number of fused-ring (bicyclic) bond motifs is 23. The summed E-state index contributed by atoms with van der Waals surface area (Å²) in [4.78, 5) is 0. The quantitative estimate of drug-likeness (QED) is 0.231. The first-order valence-corrected chi connectivity index (χ1v) is 53.8. The molecular weight excluding hydrogens is 1440 g/mol. The van der Waals surface area contributed by atoms with E-state index in [2.05, 4.69) is 171 Å². The Labute approximate surface area is 739 Å². The van der Waals surface area contributed by atoms with Gasteiger partial charge < -0.3 is 0 Å². The summed E-state index contributed by atoms with van der Waals surface area (Å²) in [6.07, 6.45) is 115. The van der Waals surface area contributed by atoms with Crippen LogP contribution in [0.2, 0.25) is 0 Å². The summed E-state index contributed by atoms with van der Waals surface area (Å²) < 4.78 is 0. The van der Waals surface area contributed by atoms with Crippen LogP contribution >= 0.6 is 0 Å². The molecule has 3 unspecified atom stereocenters. The lowest BCUT2D eigenvalue weighted by molar-refractivity contribution is 0.0245. The van der Waals surface area contributed by atoms with E-state index in [9.17, 15) is 0 Å². The lowest BCUT2D eigenvalue weighted by atomic mass is 9.52. The Balaban J connectivity index is 0.0000000979. The minimum Gasteiger partial charge on any atom is -0.0850 e.